The summed E-state index contributed by atoms with van der Waals surface area (Å²) in [6, 6.07) is 7.28. The molecule has 0 atom stereocenters. The highest BCUT2D eigenvalue weighted by atomic mass is 32.2. The Balaban J connectivity index is 1.57. The van der Waals surface area contributed by atoms with Gasteiger partial charge in [0.05, 0.1) is 18.4 Å². The van der Waals surface area contributed by atoms with E-state index < -0.39 is 0 Å². The molecule has 0 fully saturated rings. The quantitative estimate of drug-likeness (QED) is 0.414. The van der Waals surface area contributed by atoms with E-state index in [1.54, 1.807) is 46.6 Å². The van der Waals surface area contributed by atoms with E-state index in [9.17, 15) is 4.79 Å². The molecular formula is C18H20N4O2S3. The molecule has 0 aliphatic rings. The van der Waals surface area contributed by atoms with Crippen molar-refractivity contribution in [3.05, 3.63) is 40.9 Å². The van der Waals surface area contributed by atoms with Gasteiger partial charge in [-0.1, -0.05) is 49.1 Å². The number of benzene rings is 1. The van der Waals surface area contributed by atoms with E-state index in [1.165, 1.54) is 7.11 Å². The van der Waals surface area contributed by atoms with Crippen LogP contribution in [0.1, 0.15) is 29.9 Å². The molecule has 3 aromatic rings. The van der Waals surface area contributed by atoms with Crippen molar-refractivity contribution in [2.24, 2.45) is 5.92 Å². The molecule has 0 radical (unpaired) electrons. The number of carbonyl (C=O) groups is 1. The highest BCUT2D eigenvalue weighted by molar-refractivity contribution is 8.00. The molecule has 0 unspecified atom stereocenters. The summed E-state index contributed by atoms with van der Waals surface area (Å²) >= 11 is 4.79. The molecule has 0 saturated carbocycles. The van der Waals surface area contributed by atoms with E-state index in [4.69, 9.17) is 4.74 Å². The van der Waals surface area contributed by atoms with Crippen molar-refractivity contribution in [3.8, 4) is 10.6 Å². The number of carbonyl (C=O) groups excluding carboxylic acids is 1. The van der Waals surface area contributed by atoms with Crippen LogP contribution in [0.3, 0.4) is 0 Å². The second-order valence-corrected chi connectivity index (χ2v) is 9.21. The lowest BCUT2D eigenvalue weighted by molar-refractivity contribution is 0.0601. The van der Waals surface area contributed by atoms with Gasteiger partial charge in [0.1, 0.15) is 5.01 Å². The standard InChI is InChI=1S/C18H20N4O2S3/c1-11(2)8-19-17-21-22-18(27-17)26-10-14-9-25-15(20-14)12-4-6-13(7-5-12)16(23)24-3/h4-7,9,11H,8,10H2,1-3H3,(H,19,21). The number of thioether (sulfide) groups is 1. The maximum absolute atomic E-state index is 11.5. The number of anilines is 1. The van der Waals surface area contributed by atoms with E-state index in [0.717, 1.165) is 38.0 Å². The molecule has 0 aliphatic heterocycles. The van der Waals surface area contributed by atoms with Crippen molar-refractivity contribution in [1.82, 2.24) is 15.2 Å². The summed E-state index contributed by atoms with van der Waals surface area (Å²) in [4.78, 5) is 16.2. The van der Waals surface area contributed by atoms with Crippen LogP contribution < -0.4 is 5.32 Å². The minimum atomic E-state index is -0.336. The van der Waals surface area contributed by atoms with Crippen LogP contribution in [-0.2, 0) is 10.5 Å². The number of esters is 1. The van der Waals surface area contributed by atoms with Gasteiger partial charge in [-0.3, -0.25) is 0 Å². The highest BCUT2D eigenvalue weighted by Crippen LogP contribution is 2.30. The van der Waals surface area contributed by atoms with Gasteiger partial charge in [-0.2, -0.15) is 0 Å². The van der Waals surface area contributed by atoms with Gasteiger partial charge in [0.25, 0.3) is 0 Å². The number of hydrogen-bond acceptors (Lipinski definition) is 9. The monoisotopic (exact) mass is 420 g/mol. The molecule has 0 bridgehead atoms. The largest absolute Gasteiger partial charge is 0.465 e. The number of nitrogens with zero attached hydrogens (tertiary/aromatic N) is 3. The molecule has 0 amide bonds. The zero-order chi connectivity index (χ0) is 19.2. The first kappa shape index (κ1) is 19.8. The van der Waals surface area contributed by atoms with E-state index in [-0.39, 0.29) is 5.97 Å². The maximum atomic E-state index is 11.5. The second kappa shape index (κ2) is 9.29. The topological polar surface area (TPSA) is 77.0 Å². The fraction of sp³-hybridized carbons (Fsp3) is 0.333. The predicted octanol–water partition coefficient (Wildman–Crippen LogP) is 4.81. The fourth-order valence-corrected chi connectivity index (χ4v) is 4.72. The zero-order valence-electron chi connectivity index (χ0n) is 15.3. The van der Waals surface area contributed by atoms with Gasteiger partial charge in [-0.15, -0.1) is 21.5 Å². The molecule has 3 rings (SSSR count). The van der Waals surface area contributed by atoms with Gasteiger partial charge in [0, 0.05) is 23.2 Å². The Hall–Kier alpha value is -1.97. The zero-order valence-corrected chi connectivity index (χ0v) is 17.7. The first-order valence-corrected chi connectivity index (χ1v) is 11.1. The molecule has 1 aromatic carbocycles. The molecule has 2 heterocycles. The summed E-state index contributed by atoms with van der Waals surface area (Å²) in [7, 11) is 1.38. The average Bonchev–Trinajstić information content (AvgIpc) is 3.33. The molecular weight excluding hydrogens is 400 g/mol. The Labute approximate surface area is 170 Å². The van der Waals surface area contributed by atoms with Crippen molar-refractivity contribution in [3.63, 3.8) is 0 Å². The van der Waals surface area contributed by atoms with Crippen LogP contribution in [0.15, 0.2) is 34.0 Å². The van der Waals surface area contributed by atoms with Crippen LogP contribution in [0, 0.1) is 5.92 Å². The van der Waals surface area contributed by atoms with E-state index in [0.29, 0.717) is 11.5 Å². The van der Waals surface area contributed by atoms with Crippen molar-refractivity contribution >= 4 is 45.5 Å². The maximum Gasteiger partial charge on any atom is 0.337 e. The summed E-state index contributed by atoms with van der Waals surface area (Å²) < 4.78 is 5.65. The van der Waals surface area contributed by atoms with E-state index in [2.05, 4.69) is 39.7 Å². The van der Waals surface area contributed by atoms with Gasteiger partial charge >= 0.3 is 5.97 Å². The van der Waals surface area contributed by atoms with Gasteiger partial charge in [-0.25, -0.2) is 9.78 Å². The number of nitrogens with one attached hydrogen (secondary N) is 1. The summed E-state index contributed by atoms with van der Waals surface area (Å²) in [5.74, 6) is 0.979. The number of methoxy groups -OCH3 is 1. The summed E-state index contributed by atoms with van der Waals surface area (Å²) in [6.45, 7) is 5.21. The first-order valence-electron chi connectivity index (χ1n) is 8.38. The van der Waals surface area contributed by atoms with Crippen molar-refractivity contribution in [2.45, 2.75) is 23.9 Å². The van der Waals surface area contributed by atoms with Crippen LogP contribution >= 0.6 is 34.4 Å². The number of thiazole rings is 1. The van der Waals surface area contributed by atoms with Crippen LogP contribution in [0.2, 0.25) is 0 Å². The first-order chi connectivity index (χ1) is 13.0. The summed E-state index contributed by atoms with van der Waals surface area (Å²) in [6.07, 6.45) is 0. The Morgan fingerprint density at radius 2 is 2.04 bits per heavy atom. The molecule has 142 valence electrons. The molecule has 0 aliphatic carbocycles. The lowest BCUT2D eigenvalue weighted by Gasteiger charge is -2.03. The average molecular weight is 421 g/mol. The van der Waals surface area contributed by atoms with Crippen LogP contribution in [0.5, 0.6) is 0 Å². The lowest BCUT2D eigenvalue weighted by Crippen LogP contribution is -2.07. The van der Waals surface area contributed by atoms with Crippen molar-refractivity contribution in [1.29, 1.82) is 0 Å². The Kier molecular flexibility index (Phi) is 6.81. The molecule has 2 aromatic heterocycles. The minimum Gasteiger partial charge on any atom is -0.465 e. The highest BCUT2D eigenvalue weighted by Gasteiger charge is 2.10. The fourth-order valence-electron chi connectivity index (χ4n) is 2.14. The Morgan fingerprint density at radius 3 is 2.74 bits per heavy atom. The third-order valence-corrected chi connectivity index (χ3v) is 6.50. The molecule has 0 spiro atoms. The third kappa shape index (κ3) is 5.50. The van der Waals surface area contributed by atoms with Gasteiger partial charge in [0.15, 0.2) is 4.34 Å². The lowest BCUT2D eigenvalue weighted by atomic mass is 10.1. The van der Waals surface area contributed by atoms with E-state index >= 15 is 0 Å². The molecule has 1 N–H and O–H groups in total. The van der Waals surface area contributed by atoms with Crippen LogP contribution in [0.4, 0.5) is 5.13 Å². The normalized spacial score (nSPS) is 11.0. The SMILES string of the molecule is COC(=O)c1ccc(-c2nc(CSc3nnc(NCC(C)C)s3)cs2)cc1. The summed E-state index contributed by atoms with van der Waals surface area (Å²) in [5.41, 5.74) is 2.52. The third-order valence-electron chi connectivity index (χ3n) is 3.52. The molecule has 0 saturated heterocycles. The molecule has 6 nitrogen and oxygen atoms in total. The number of aromatic nitrogens is 3. The predicted molar refractivity (Wildman–Crippen MR) is 112 cm³/mol. The number of hydrogen-bond donors (Lipinski definition) is 1. The van der Waals surface area contributed by atoms with Crippen LogP contribution in [0.25, 0.3) is 10.6 Å². The smallest absolute Gasteiger partial charge is 0.337 e. The molecule has 9 heteroatoms. The minimum absolute atomic E-state index is 0.336. The van der Waals surface area contributed by atoms with Crippen LogP contribution in [-0.4, -0.2) is 34.8 Å². The van der Waals surface area contributed by atoms with Crippen molar-refractivity contribution < 1.29 is 9.53 Å². The Bertz CT molecular complexity index is 890. The Morgan fingerprint density at radius 1 is 1.26 bits per heavy atom. The van der Waals surface area contributed by atoms with Gasteiger partial charge < -0.3 is 10.1 Å². The van der Waals surface area contributed by atoms with E-state index in [1.807, 2.05) is 12.1 Å². The number of rotatable bonds is 8. The second-order valence-electron chi connectivity index (χ2n) is 6.15. The molecule has 27 heavy (non-hydrogen) atoms. The van der Waals surface area contributed by atoms with Gasteiger partial charge in [-0.05, 0) is 18.1 Å². The number of ether oxygens (including phenoxy) is 1. The van der Waals surface area contributed by atoms with Crippen molar-refractivity contribution in [2.75, 3.05) is 19.0 Å². The summed E-state index contributed by atoms with van der Waals surface area (Å²) in [5, 5.41) is 15.5. The van der Waals surface area contributed by atoms with Gasteiger partial charge in [0.2, 0.25) is 5.13 Å².